The molecule has 1 heterocycles. The second-order valence-corrected chi connectivity index (χ2v) is 8.30. The molecule has 118 valence electrons. The molecular formula is C18H24N2OS. The summed E-state index contributed by atoms with van der Waals surface area (Å²) in [5.74, 6) is 2.70. The van der Waals surface area contributed by atoms with Crippen LogP contribution in [0.2, 0.25) is 0 Å². The number of amides is 1. The summed E-state index contributed by atoms with van der Waals surface area (Å²) in [6, 6.07) is 3.88. The molecule has 4 heteroatoms. The van der Waals surface area contributed by atoms with Gasteiger partial charge in [0.15, 0.2) is 0 Å². The number of carbonyl (C=O) groups is 1. The molecule has 5 rings (SSSR count). The molecule has 4 saturated carbocycles. The zero-order valence-electron chi connectivity index (χ0n) is 13.1. The second-order valence-electron chi connectivity index (χ2n) is 7.89. The molecule has 2 N–H and O–H groups in total. The van der Waals surface area contributed by atoms with Gasteiger partial charge in [-0.1, -0.05) is 12.2 Å². The number of H-pyrrole nitrogens is 1. The van der Waals surface area contributed by atoms with Crippen molar-refractivity contribution in [1.82, 2.24) is 10.3 Å². The fourth-order valence-corrected chi connectivity index (χ4v) is 5.96. The van der Waals surface area contributed by atoms with Crippen LogP contribution in [-0.2, 0) is 0 Å². The summed E-state index contributed by atoms with van der Waals surface area (Å²) in [6.07, 6.45) is 9.99. The highest BCUT2D eigenvalue weighted by atomic mass is 32.1. The second kappa shape index (κ2) is 5.19. The van der Waals surface area contributed by atoms with Gasteiger partial charge >= 0.3 is 0 Å². The van der Waals surface area contributed by atoms with Crippen LogP contribution < -0.4 is 5.32 Å². The van der Waals surface area contributed by atoms with Crippen LogP contribution in [0.5, 0.6) is 0 Å². The van der Waals surface area contributed by atoms with Crippen molar-refractivity contribution < 1.29 is 4.79 Å². The summed E-state index contributed by atoms with van der Waals surface area (Å²) in [6.45, 7) is 2.21. The van der Waals surface area contributed by atoms with Gasteiger partial charge in [-0.05, 0) is 80.8 Å². The van der Waals surface area contributed by atoms with Crippen LogP contribution in [0, 0.1) is 27.8 Å². The molecule has 0 spiro atoms. The van der Waals surface area contributed by atoms with E-state index in [9.17, 15) is 4.79 Å². The van der Waals surface area contributed by atoms with E-state index in [0.717, 1.165) is 17.8 Å². The lowest BCUT2D eigenvalue weighted by atomic mass is 9.48. The summed E-state index contributed by atoms with van der Waals surface area (Å²) < 4.78 is 0.526. The zero-order valence-corrected chi connectivity index (χ0v) is 13.9. The highest BCUT2D eigenvalue weighted by Crippen LogP contribution is 2.61. The Labute approximate surface area is 136 Å². The molecule has 4 bridgehead atoms. The molecule has 3 nitrogen and oxygen atoms in total. The first kappa shape index (κ1) is 14.4. The first-order valence-electron chi connectivity index (χ1n) is 8.54. The fraction of sp³-hybridized carbons (Fsp3) is 0.667. The van der Waals surface area contributed by atoms with Gasteiger partial charge in [0.05, 0.1) is 5.56 Å². The van der Waals surface area contributed by atoms with Crippen LogP contribution in [0.15, 0.2) is 18.3 Å². The van der Waals surface area contributed by atoms with Gasteiger partial charge in [-0.25, -0.2) is 0 Å². The third kappa shape index (κ3) is 2.32. The van der Waals surface area contributed by atoms with Crippen molar-refractivity contribution in [2.75, 3.05) is 0 Å². The van der Waals surface area contributed by atoms with E-state index in [2.05, 4.69) is 17.2 Å². The summed E-state index contributed by atoms with van der Waals surface area (Å²) in [5, 5.41) is 3.27. The van der Waals surface area contributed by atoms with Gasteiger partial charge in [0, 0.05) is 12.2 Å². The molecule has 1 aromatic heterocycles. The van der Waals surface area contributed by atoms with Crippen molar-refractivity contribution in [1.29, 1.82) is 0 Å². The van der Waals surface area contributed by atoms with Crippen LogP contribution in [-0.4, -0.2) is 16.9 Å². The van der Waals surface area contributed by atoms with E-state index < -0.39 is 0 Å². The van der Waals surface area contributed by atoms with Crippen LogP contribution >= 0.6 is 12.2 Å². The molecule has 4 aliphatic rings. The van der Waals surface area contributed by atoms with Gasteiger partial charge in [-0.3, -0.25) is 4.79 Å². The highest BCUT2D eigenvalue weighted by molar-refractivity contribution is 7.71. The molecule has 0 aromatic carbocycles. The Bertz CT molecular complexity index is 615. The van der Waals surface area contributed by atoms with Gasteiger partial charge in [-0.15, -0.1) is 0 Å². The van der Waals surface area contributed by atoms with Crippen LogP contribution in [0.25, 0.3) is 0 Å². The lowest BCUT2D eigenvalue weighted by Gasteiger charge is -2.59. The summed E-state index contributed by atoms with van der Waals surface area (Å²) in [7, 11) is 0. The Morgan fingerprint density at radius 1 is 1.27 bits per heavy atom. The number of aromatic amines is 1. The van der Waals surface area contributed by atoms with Crippen molar-refractivity contribution in [2.24, 2.45) is 23.2 Å². The van der Waals surface area contributed by atoms with E-state index in [4.69, 9.17) is 12.2 Å². The van der Waals surface area contributed by atoms with E-state index in [1.54, 1.807) is 12.3 Å². The third-order valence-electron chi connectivity index (χ3n) is 6.41. The third-order valence-corrected chi connectivity index (χ3v) is 6.75. The molecule has 22 heavy (non-hydrogen) atoms. The minimum absolute atomic E-state index is 0.0231. The maximum Gasteiger partial charge on any atom is 0.254 e. The van der Waals surface area contributed by atoms with Gasteiger partial charge < -0.3 is 10.3 Å². The Kier molecular flexibility index (Phi) is 3.40. The molecule has 1 atom stereocenters. The highest BCUT2D eigenvalue weighted by Gasteiger charge is 2.53. The van der Waals surface area contributed by atoms with E-state index in [1.165, 1.54) is 38.5 Å². The number of pyridine rings is 1. The largest absolute Gasteiger partial charge is 0.352 e. The van der Waals surface area contributed by atoms with Crippen LogP contribution in [0.4, 0.5) is 0 Å². The predicted octanol–water partition coefficient (Wildman–Crippen LogP) is 4.08. The maximum atomic E-state index is 12.6. The van der Waals surface area contributed by atoms with Crippen molar-refractivity contribution >= 4 is 18.1 Å². The topological polar surface area (TPSA) is 44.9 Å². The maximum absolute atomic E-state index is 12.6. The lowest BCUT2D eigenvalue weighted by Crippen LogP contribution is -2.55. The van der Waals surface area contributed by atoms with Gasteiger partial charge in [0.25, 0.3) is 5.91 Å². The molecule has 4 fully saturated rings. The van der Waals surface area contributed by atoms with Gasteiger partial charge in [0.1, 0.15) is 4.64 Å². The summed E-state index contributed by atoms with van der Waals surface area (Å²) in [4.78, 5) is 15.5. The first-order chi connectivity index (χ1) is 10.6. The van der Waals surface area contributed by atoms with Crippen LogP contribution in [0.3, 0.4) is 0 Å². The molecule has 1 aromatic rings. The number of hydrogen-bond donors (Lipinski definition) is 2. The van der Waals surface area contributed by atoms with Gasteiger partial charge in [-0.2, -0.15) is 0 Å². The van der Waals surface area contributed by atoms with E-state index >= 15 is 0 Å². The molecule has 1 amide bonds. The summed E-state index contributed by atoms with van der Waals surface area (Å²) >= 11 is 5.23. The lowest BCUT2D eigenvalue weighted by molar-refractivity contribution is -0.0688. The number of rotatable bonds is 3. The smallest absolute Gasteiger partial charge is 0.254 e. The Hall–Kier alpha value is -1.16. The number of aromatic nitrogens is 1. The van der Waals surface area contributed by atoms with Crippen molar-refractivity contribution in [2.45, 2.75) is 51.5 Å². The van der Waals surface area contributed by atoms with Crippen LogP contribution in [0.1, 0.15) is 55.8 Å². The standard InChI is InChI=1S/C18H24N2OS/c1-11(20-16(21)15-3-2-4-19-17(15)22)18-8-12-5-13(9-18)7-14(6-12)10-18/h2-4,11-14H,5-10H2,1H3,(H,19,22)(H,20,21)/t11-,12?,13?,14?,18?/m1/s1. The van der Waals surface area contributed by atoms with E-state index in [1.807, 2.05) is 6.07 Å². The number of carbonyl (C=O) groups excluding carboxylic acids is 1. The first-order valence-corrected chi connectivity index (χ1v) is 8.95. The van der Waals surface area contributed by atoms with E-state index in [0.29, 0.717) is 15.6 Å². The number of nitrogens with one attached hydrogen (secondary N) is 2. The zero-order chi connectivity index (χ0) is 15.3. The van der Waals surface area contributed by atoms with Crippen molar-refractivity contribution in [3.63, 3.8) is 0 Å². The quantitative estimate of drug-likeness (QED) is 0.825. The minimum Gasteiger partial charge on any atom is -0.352 e. The van der Waals surface area contributed by atoms with Crippen molar-refractivity contribution in [3.05, 3.63) is 28.5 Å². The average Bonchev–Trinajstić information content (AvgIpc) is 2.46. The summed E-state index contributed by atoms with van der Waals surface area (Å²) in [5.41, 5.74) is 0.930. The Morgan fingerprint density at radius 3 is 2.41 bits per heavy atom. The van der Waals surface area contributed by atoms with Crippen molar-refractivity contribution in [3.8, 4) is 0 Å². The minimum atomic E-state index is -0.0231. The fourth-order valence-electron chi connectivity index (χ4n) is 5.74. The normalized spacial score (nSPS) is 37.0. The Balaban J connectivity index is 1.53. The predicted molar refractivity (Wildman–Crippen MR) is 89.2 cm³/mol. The Morgan fingerprint density at radius 2 is 1.86 bits per heavy atom. The van der Waals surface area contributed by atoms with E-state index in [-0.39, 0.29) is 11.9 Å². The van der Waals surface area contributed by atoms with Gasteiger partial charge in [0.2, 0.25) is 0 Å². The molecule has 0 radical (unpaired) electrons. The molecule has 4 aliphatic carbocycles. The molecule has 0 aliphatic heterocycles. The SMILES string of the molecule is C[C@@H](NC(=O)c1ccc[nH]c1=S)C12CC3CC(CC(C3)C1)C2. The molecule has 0 unspecified atom stereocenters. The molecular weight excluding hydrogens is 292 g/mol. The number of hydrogen-bond acceptors (Lipinski definition) is 2. The monoisotopic (exact) mass is 316 g/mol. The average molecular weight is 316 g/mol. The molecule has 0 saturated heterocycles.